The van der Waals surface area contributed by atoms with Crippen molar-refractivity contribution in [2.24, 2.45) is 0 Å². The third-order valence-corrected chi connectivity index (χ3v) is 3.41. The molecule has 1 aromatic carbocycles. The summed E-state index contributed by atoms with van der Waals surface area (Å²) in [5.74, 6) is 0. The maximum Gasteiger partial charge on any atom is 0.408 e. The summed E-state index contributed by atoms with van der Waals surface area (Å²) < 4.78 is 37.3. The van der Waals surface area contributed by atoms with Crippen molar-refractivity contribution in [3.63, 3.8) is 0 Å². The molecule has 0 atom stereocenters. The van der Waals surface area contributed by atoms with E-state index < -0.39 is 18.3 Å². The van der Waals surface area contributed by atoms with E-state index in [1.807, 2.05) is 30.3 Å². The van der Waals surface area contributed by atoms with Gasteiger partial charge in [-0.1, -0.05) is 30.3 Å². The van der Waals surface area contributed by atoms with Gasteiger partial charge in [-0.3, -0.25) is 4.79 Å². The van der Waals surface area contributed by atoms with Gasteiger partial charge in [-0.05, 0) is 21.5 Å². The lowest BCUT2D eigenvalue weighted by Gasteiger charge is -2.12. The zero-order chi connectivity index (χ0) is 15.5. The van der Waals surface area contributed by atoms with Gasteiger partial charge in [0.15, 0.2) is 0 Å². The second-order valence-electron chi connectivity index (χ2n) is 4.29. The van der Waals surface area contributed by atoms with Crippen molar-refractivity contribution in [2.75, 3.05) is 5.32 Å². The molecule has 0 aliphatic rings. The number of hydrogen-bond donors (Lipinski definition) is 1. The van der Waals surface area contributed by atoms with Gasteiger partial charge < -0.3 is 5.32 Å². The van der Waals surface area contributed by atoms with Gasteiger partial charge in [-0.25, -0.2) is 4.68 Å². The number of benzene rings is 1. The predicted molar refractivity (Wildman–Crippen MR) is 76.0 cm³/mol. The maximum absolute atomic E-state index is 12.3. The fourth-order valence-corrected chi connectivity index (χ4v) is 2.11. The predicted octanol–water partition coefficient (Wildman–Crippen LogP) is 3.18. The highest BCUT2D eigenvalue weighted by molar-refractivity contribution is 9.10. The smallest absolute Gasteiger partial charge is 0.379 e. The van der Waals surface area contributed by atoms with Gasteiger partial charge in [-0.15, -0.1) is 0 Å². The molecule has 1 heterocycles. The average molecular weight is 362 g/mol. The fraction of sp³-hybridized carbons (Fsp3) is 0.231. The molecule has 1 N–H and O–H groups in total. The number of nitrogens with zero attached hydrogens (tertiary/aromatic N) is 2. The molecule has 0 bridgehead atoms. The second-order valence-corrected chi connectivity index (χ2v) is 5.08. The summed E-state index contributed by atoms with van der Waals surface area (Å²) >= 11 is 3.01. The Balaban J connectivity index is 2.15. The number of hydrogen-bond acceptors (Lipinski definition) is 3. The highest BCUT2D eigenvalue weighted by Gasteiger charge is 2.29. The lowest BCUT2D eigenvalue weighted by atomic mass is 10.2. The van der Waals surface area contributed by atoms with Gasteiger partial charge in [-0.2, -0.15) is 18.3 Å². The number of anilines is 1. The molecule has 4 nitrogen and oxygen atoms in total. The lowest BCUT2D eigenvalue weighted by Crippen LogP contribution is -2.31. The van der Waals surface area contributed by atoms with Gasteiger partial charge in [0.2, 0.25) is 0 Å². The van der Waals surface area contributed by atoms with Crippen LogP contribution in [-0.2, 0) is 13.1 Å². The van der Waals surface area contributed by atoms with E-state index in [9.17, 15) is 18.0 Å². The highest BCUT2D eigenvalue weighted by atomic mass is 79.9. The molecule has 0 radical (unpaired) electrons. The first-order valence-corrected chi connectivity index (χ1v) is 6.76. The fourth-order valence-electron chi connectivity index (χ4n) is 1.66. The molecule has 0 saturated heterocycles. The zero-order valence-electron chi connectivity index (χ0n) is 10.7. The van der Waals surface area contributed by atoms with Gasteiger partial charge in [0.25, 0.3) is 5.56 Å². The Morgan fingerprint density at radius 3 is 2.52 bits per heavy atom. The molecule has 1 aromatic heterocycles. The summed E-state index contributed by atoms with van der Waals surface area (Å²) in [6, 6.07) is 9.38. The number of halogens is 4. The number of alkyl halides is 3. The van der Waals surface area contributed by atoms with Crippen molar-refractivity contribution in [2.45, 2.75) is 19.3 Å². The Kier molecular flexibility index (Phi) is 4.66. The maximum atomic E-state index is 12.3. The summed E-state index contributed by atoms with van der Waals surface area (Å²) in [6.45, 7) is -0.979. The summed E-state index contributed by atoms with van der Waals surface area (Å²) in [4.78, 5) is 11.8. The molecule has 0 fully saturated rings. The van der Waals surface area contributed by atoms with Crippen molar-refractivity contribution in [3.05, 3.63) is 56.9 Å². The standard InChI is InChI=1S/C13H11BrF3N3O/c14-11-10(18-6-9-4-2-1-3-5-9)7-19-20(12(11)21)8-13(15,16)17/h1-5,7,18H,6,8H2. The molecular weight excluding hydrogens is 351 g/mol. The Morgan fingerprint density at radius 2 is 1.90 bits per heavy atom. The van der Waals surface area contributed by atoms with E-state index in [1.165, 1.54) is 6.20 Å². The topological polar surface area (TPSA) is 46.9 Å². The number of aromatic nitrogens is 2. The molecular formula is C13H11BrF3N3O. The van der Waals surface area contributed by atoms with Crippen LogP contribution in [0, 0.1) is 0 Å². The normalized spacial score (nSPS) is 11.4. The minimum atomic E-state index is -4.49. The van der Waals surface area contributed by atoms with Crippen molar-refractivity contribution in [1.82, 2.24) is 9.78 Å². The van der Waals surface area contributed by atoms with E-state index in [-0.39, 0.29) is 4.47 Å². The van der Waals surface area contributed by atoms with Gasteiger partial charge in [0.1, 0.15) is 11.0 Å². The quantitative estimate of drug-likeness (QED) is 0.909. The van der Waals surface area contributed by atoms with E-state index in [1.54, 1.807) is 0 Å². The highest BCUT2D eigenvalue weighted by Crippen LogP contribution is 2.20. The first kappa shape index (κ1) is 15.6. The summed E-state index contributed by atoms with van der Waals surface area (Å²) in [6.07, 6.45) is -3.30. The minimum absolute atomic E-state index is 0.0256. The number of nitrogens with one attached hydrogen (secondary N) is 1. The summed E-state index contributed by atoms with van der Waals surface area (Å²) in [5.41, 5.74) is 0.497. The third-order valence-electron chi connectivity index (χ3n) is 2.64. The number of rotatable bonds is 4. The molecule has 21 heavy (non-hydrogen) atoms. The Bertz CT molecular complexity index is 671. The van der Waals surface area contributed by atoms with Crippen LogP contribution >= 0.6 is 15.9 Å². The molecule has 0 unspecified atom stereocenters. The molecule has 2 rings (SSSR count). The Hall–Kier alpha value is -1.83. The molecule has 112 valence electrons. The van der Waals surface area contributed by atoms with Crippen LogP contribution in [0.5, 0.6) is 0 Å². The molecule has 0 saturated carbocycles. The Labute approximate surface area is 126 Å². The van der Waals surface area contributed by atoms with Crippen molar-refractivity contribution in [1.29, 1.82) is 0 Å². The van der Waals surface area contributed by atoms with E-state index >= 15 is 0 Å². The summed E-state index contributed by atoms with van der Waals surface area (Å²) in [5, 5.41) is 6.48. The van der Waals surface area contributed by atoms with E-state index in [2.05, 4.69) is 26.3 Å². The molecule has 0 spiro atoms. The van der Waals surface area contributed by atoms with Crippen LogP contribution in [0.15, 0.2) is 45.8 Å². The van der Waals surface area contributed by atoms with Crippen molar-refractivity contribution < 1.29 is 13.2 Å². The summed E-state index contributed by atoms with van der Waals surface area (Å²) in [7, 11) is 0. The first-order chi connectivity index (χ1) is 9.87. The van der Waals surface area contributed by atoms with E-state index in [4.69, 9.17) is 0 Å². The first-order valence-electron chi connectivity index (χ1n) is 5.97. The molecule has 0 aliphatic carbocycles. The van der Waals surface area contributed by atoms with Crippen LogP contribution in [0.3, 0.4) is 0 Å². The van der Waals surface area contributed by atoms with Gasteiger partial charge >= 0.3 is 6.18 Å². The Morgan fingerprint density at radius 1 is 1.24 bits per heavy atom. The molecule has 8 heteroatoms. The van der Waals surface area contributed by atoms with E-state index in [0.717, 1.165) is 5.56 Å². The van der Waals surface area contributed by atoms with Gasteiger partial charge in [0.05, 0.1) is 11.9 Å². The van der Waals surface area contributed by atoms with Crippen LogP contribution in [0.1, 0.15) is 5.56 Å². The van der Waals surface area contributed by atoms with Crippen LogP contribution in [-0.4, -0.2) is 16.0 Å². The average Bonchev–Trinajstić information content (AvgIpc) is 2.43. The van der Waals surface area contributed by atoms with Crippen LogP contribution in [0.25, 0.3) is 0 Å². The van der Waals surface area contributed by atoms with E-state index in [0.29, 0.717) is 16.9 Å². The second kappa shape index (κ2) is 6.30. The van der Waals surface area contributed by atoms with Crippen LogP contribution in [0.2, 0.25) is 0 Å². The van der Waals surface area contributed by atoms with Crippen molar-refractivity contribution >= 4 is 21.6 Å². The van der Waals surface area contributed by atoms with Crippen molar-refractivity contribution in [3.8, 4) is 0 Å². The SMILES string of the molecule is O=c1c(Br)c(NCc2ccccc2)cnn1CC(F)(F)F. The molecule has 0 amide bonds. The monoisotopic (exact) mass is 361 g/mol. The molecule has 0 aliphatic heterocycles. The largest absolute Gasteiger partial charge is 0.408 e. The lowest BCUT2D eigenvalue weighted by molar-refractivity contribution is -0.143. The minimum Gasteiger partial charge on any atom is -0.379 e. The zero-order valence-corrected chi connectivity index (χ0v) is 12.3. The molecule has 2 aromatic rings. The third kappa shape index (κ3) is 4.32. The van der Waals surface area contributed by atoms with Crippen LogP contribution in [0.4, 0.5) is 18.9 Å². The van der Waals surface area contributed by atoms with Gasteiger partial charge in [0, 0.05) is 6.54 Å². The van der Waals surface area contributed by atoms with Crippen LogP contribution < -0.4 is 10.9 Å².